The molecule has 1 aromatic carbocycles. The van der Waals surface area contributed by atoms with Crippen molar-refractivity contribution in [3.8, 4) is 0 Å². The first-order chi connectivity index (χ1) is 9.76. The lowest BCUT2D eigenvalue weighted by atomic mass is 10.2. The average molecular weight is 316 g/mol. The number of esters is 1. The first kappa shape index (κ1) is 17.1. The number of carbonyl (C=O) groups is 2. The van der Waals surface area contributed by atoms with E-state index >= 15 is 0 Å². The van der Waals surface area contributed by atoms with E-state index in [2.05, 4.69) is 4.74 Å². The van der Waals surface area contributed by atoms with Gasteiger partial charge in [-0.05, 0) is 26.0 Å². The van der Waals surface area contributed by atoms with Gasteiger partial charge in [0.05, 0.1) is 17.9 Å². The molecular formula is C13H16O7S. The Balaban J connectivity index is 2.97. The molecular weight excluding hydrogens is 300 g/mol. The minimum absolute atomic E-state index is 0.0110. The number of ether oxygens (including phenoxy) is 1. The predicted octanol–water partition coefficient (Wildman–Crippen LogP) is 1.11. The van der Waals surface area contributed by atoms with Gasteiger partial charge in [-0.1, -0.05) is 17.7 Å². The first-order valence-corrected chi connectivity index (χ1v) is 7.55. The number of aryl methyl sites for hydroxylation is 1. The quantitative estimate of drug-likeness (QED) is 0.593. The van der Waals surface area contributed by atoms with Crippen LogP contribution >= 0.6 is 0 Å². The molecule has 116 valence electrons. The molecule has 0 aliphatic heterocycles. The fourth-order valence-electron chi connectivity index (χ4n) is 1.46. The van der Waals surface area contributed by atoms with E-state index in [0.717, 1.165) is 5.56 Å². The molecule has 1 rings (SSSR count). The summed E-state index contributed by atoms with van der Waals surface area (Å²) in [6, 6.07) is 5.75. The van der Waals surface area contributed by atoms with Crippen LogP contribution in [0.5, 0.6) is 0 Å². The van der Waals surface area contributed by atoms with Gasteiger partial charge in [0.15, 0.2) is 6.10 Å². The number of carbonyl (C=O) groups excluding carboxylic acids is 1. The molecule has 0 saturated heterocycles. The zero-order chi connectivity index (χ0) is 16.0. The maximum atomic E-state index is 12.0. The van der Waals surface area contributed by atoms with Crippen molar-refractivity contribution >= 4 is 22.1 Å². The van der Waals surface area contributed by atoms with E-state index < -0.39 is 34.6 Å². The van der Waals surface area contributed by atoms with Crippen molar-refractivity contribution in [2.75, 3.05) is 6.61 Å². The molecule has 0 fully saturated rings. The smallest absolute Gasteiger partial charge is 0.337 e. The summed E-state index contributed by atoms with van der Waals surface area (Å²) in [6.45, 7) is 3.29. The zero-order valence-corrected chi connectivity index (χ0v) is 12.4. The van der Waals surface area contributed by atoms with E-state index in [-0.39, 0.29) is 11.5 Å². The van der Waals surface area contributed by atoms with Gasteiger partial charge in [-0.2, -0.15) is 8.42 Å². The second kappa shape index (κ2) is 7.19. The summed E-state index contributed by atoms with van der Waals surface area (Å²) in [5.74, 6) is -2.40. The fraction of sp³-hybridized carbons (Fsp3) is 0.385. The SMILES string of the molecule is CCOC(=O)[C@@H](CC(=O)O)OS(=O)(=O)c1ccc(C)cc1. The van der Waals surface area contributed by atoms with E-state index in [0.29, 0.717) is 0 Å². The Morgan fingerprint density at radius 1 is 1.24 bits per heavy atom. The Hall–Kier alpha value is -1.93. The highest BCUT2D eigenvalue weighted by molar-refractivity contribution is 7.86. The molecule has 0 aromatic heterocycles. The summed E-state index contributed by atoms with van der Waals surface area (Å²) >= 11 is 0. The molecule has 0 bridgehead atoms. The number of aliphatic carboxylic acids is 1. The summed E-state index contributed by atoms with van der Waals surface area (Å²) in [7, 11) is -4.25. The molecule has 0 aliphatic rings. The first-order valence-electron chi connectivity index (χ1n) is 6.14. The zero-order valence-electron chi connectivity index (χ0n) is 11.6. The molecule has 21 heavy (non-hydrogen) atoms. The van der Waals surface area contributed by atoms with E-state index in [1.165, 1.54) is 19.1 Å². The number of rotatable bonds is 7. The molecule has 1 N–H and O–H groups in total. The lowest BCUT2D eigenvalue weighted by Gasteiger charge is -2.14. The van der Waals surface area contributed by atoms with Gasteiger partial charge in [0.25, 0.3) is 10.1 Å². The number of carboxylic acids is 1. The second-order valence-corrected chi connectivity index (χ2v) is 5.77. The van der Waals surface area contributed by atoms with Crippen molar-refractivity contribution in [2.24, 2.45) is 0 Å². The molecule has 0 amide bonds. The highest BCUT2D eigenvalue weighted by Crippen LogP contribution is 2.17. The van der Waals surface area contributed by atoms with Gasteiger partial charge in [-0.3, -0.25) is 8.98 Å². The van der Waals surface area contributed by atoms with Crippen LogP contribution in [0.4, 0.5) is 0 Å². The van der Waals surface area contributed by atoms with Gasteiger partial charge >= 0.3 is 11.9 Å². The standard InChI is InChI=1S/C13H16O7S/c1-3-19-13(16)11(8-12(14)15)20-21(17,18)10-6-4-9(2)5-7-10/h4-7,11H,3,8H2,1-2H3,(H,14,15)/t11-/m1/s1. The van der Waals surface area contributed by atoms with Crippen LogP contribution in [0.3, 0.4) is 0 Å². The number of carboxylic acid groups (broad SMARTS) is 1. The summed E-state index contributed by atoms with van der Waals surface area (Å²) in [5.41, 5.74) is 0.849. The van der Waals surface area contributed by atoms with Crippen LogP contribution in [0.25, 0.3) is 0 Å². The molecule has 0 heterocycles. The molecule has 0 radical (unpaired) electrons. The Bertz CT molecular complexity index is 604. The summed E-state index contributed by atoms with van der Waals surface area (Å²) in [6.07, 6.45) is -2.52. The van der Waals surface area contributed by atoms with Gasteiger partial charge in [-0.25, -0.2) is 4.79 Å². The maximum Gasteiger partial charge on any atom is 0.337 e. The summed E-state index contributed by atoms with van der Waals surface area (Å²) in [5, 5.41) is 8.72. The molecule has 1 atom stereocenters. The van der Waals surface area contributed by atoms with Crippen LogP contribution in [0.1, 0.15) is 18.9 Å². The van der Waals surface area contributed by atoms with Crippen molar-refractivity contribution in [1.82, 2.24) is 0 Å². The molecule has 1 aromatic rings. The van der Waals surface area contributed by atoms with Crippen molar-refractivity contribution in [1.29, 1.82) is 0 Å². The van der Waals surface area contributed by atoms with Crippen LogP contribution in [-0.4, -0.2) is 38.2 Å². The van der Waals surface area contributed by atoms with Crippen molar-refractivity contribution in [3.63, 3.8) is 0 Å². The Kier molecular flexibility index (Phi) is 5.86. The number of hydrogen-bond donors (Lipinski definition) is 1. The highest BCUT2D eigenvalue weighted by atomic mass is 32.2. The third-order valence-electron chi connectivity index (χ3n) is 2.46. The molecule has 0 saturated carbocycles. The fourth-order valence-corrected chi connectivity index (χ4v) is 2.50. The van der Waals surface area contributed by atoms with Crippen LogP contribution in [0.15, 0.2) is 29.2 Å². The Morgan fingerprint density at radius 3 is 2.29 bits per heavy atom. The van der Waals surface area contributed by atoms with Gasteiger partial charge in [0, 0.05) is 0 Å². The molecule has 0 aliphatic carbocycles. The normalized spacial score (nSPS) is 12.7. The third kappa shape index (κ3) is 5.16. The van der Waals surface area contributed by atoms with Crippen molar-refractivity contribution in [3.05, 3.63) is 29.8 Å². The maximum absolute atomic E-state index is 12.0. The molecule has 0 unspecified atom stereocenters. The van der Waals surface area contributed by atoms with Crippen LogP contribution < -0.4 is 0 Å². The minimum Gasteiger partial charge on any atom is -0.481 e. The van der Waals surface area contributed by atoms with Gasteiger partial charge in [-0.15, -0.1) is 0 Å². The largest absolute Gasteiger partial charge is 0.481 e. The van der Waals surface area contributed by atoms with Crippen molar-refractivity contribution < 1.29 is 32.0 Å². The van der Waals surface area contributed by atoms with E-state index in [4.69, 9.17) is 9.29 Å². The second-order valence-electron chi connectivity index (χ2n) is 4.20. The lowest BCUT2D eigenvalue weighted by Crippen LogP contribution is -2.31. The van der Waals surface area contributed by atoms with Crippen LogP contribution in [0, 0.1) is 6.92 Å². The topological polar surface area (TPSA) is 107 Å². The number of hydrogen-bond acceptors (Lipinski definition) is 6. The lowest BCUT2D eigenvalue weighted by molar-refractivity contribution is -0.156. The van der Waals surface area contributed by atoms with Crippen LogP contribution in [0.2, 0.25) is 0 Å². The van der Waals surface area contributed by atoms with Gasteiger partial charge < -0.3 is 9.84 Å². The average Bonchev–Trinajstić information content (AvgIpc) is 2.38. The van der Waals surface area contributed by atoms with E-state index in [9.17, 15) is 18.0 Å². The summed E-state index contributed by atoms with van der Waals surface area (Å²) in [4.78, 5) is 22.1. The molecule has 0 spiro atoms. The van der Waals surface area contributed by atoms with Crippen LogP contribution in [-0.2, 0) is 28.6 Å². The number of benzene rings is 1. The van der Waals surface area contributed by atoms with Crippen molar-refractivity contribution in [2.45, 2.75) is 31.3 Å². The summed E-state index contributed by atoms with van der Waals surface area (Å²) < 4.78 is 33.4. The van der Waals surface area contributed by atoms with Gasteiger partial charge in [0.2, 0.25) is 0 Å². The monoisotopic (exact) mass is 316 g/mol. The predicted molar refractivity (Wildman–Crippen MR) is 72.1 cm³/mol. The molecule has 8 heteroatoms. The van der Waals surface area contributed by atoms with E-state index in [1.807, 2.05) is 0 Å². The highest BCUT2D eigenvalue weighted by Gasteiger charge is 2.30. The molecule has 7 nitrogen and oxygen atoms in total. The van der Waals surface area contributed by atoms with Gasteiger partial charge in [0.1, 0.15) is 0 Å². The Morgan fingerprint density at radius 2 is 1.81 bits per heavy atom. The van der Waals surface area contributed by atoms with E-state index in [1.54, 1.807) is 19.1 Å². The minimum atomic E-state index is -4.25. The third-order valence-corrected chi connectivity index (χ3v) is 3.80. The Labute approximate surface area is 122 Å².